The van der Waals surface area contributed by atoms with Gasteiger partial charge in [-0.25, -0.2) is 13.1 Å². The van der Waals surface area contributed by atoms with Crippen molar-refractivity contribution in [3.8, 4) is 0 Å². The molecule has 0 amide bonds. The minimum absolute atomic E-state index is 0.223. The van der Waals surface area contributed by atoms with Crippen molar-refractivity contribution in [1.29, 1.82) is 0 Å². The molecule has 7 heteroatoms. The fourth-order valence-electron chi connectivity index (χ4n) is 1.34. The van der Waals surface area contributed by atoms with E-state index in [1.165, 1.54) is 11.3 Å². The summed E-state index contributed by atoms with van der Waals surface area (Å²) in [6.45, 7) is 3.85. The van der Waals surface area contributed by atoms with Crippen LogP contribution in [0.1, 0.15) is 17.4 Å². The molecule has 0 bridgehead atoms. The van der Waals surface area contributed by atoms with Crippen LogP contribution in [0.25, 0.3) is 0 Å². The average molecular weight is 295 g/mol. The van der Waals surface area contributed by atoms with Gasteiger partial charge in [-0.1, -0.05) is 6.92 Å². The Labute approximate surface area is 110 Å². The first kappa shape index (κ1) is 15.0. The van der Waals surface area contributed by atoms with E-state index in [4.69, 9.17) is 5.11 Å². The highest BCUT2D eigenvalue weighted by Crippen LogP contribution is 2.26. The Balaban J connectivity index is 2.93. The lowest BCUT2D eigenvalue weighted by Gasteiger charge is -2.11. The van der Waals surface area contributed by atoms with Crippen molar-refractivity contribution in [3.63, 3.8) is 0 Å². The number of nitrogens with one attached hydrogen (secondary N) is 1. The zero-order chi connectivity index (χ0) is 13.1. The fourth-order valence-corrected chi connectivity index (χ4v) is 4.48. The Bertz CT molecular complexity index is 467. The number of hydrogen-bond donors (Lipinski definition) is 2. The molecule has 0 aliphatic rings. The number of rotatable bonds is 6. The molecule has 0 aromatic carbocycles. The third-order valence-electron chi connectivity index (χ3n) is 2.36. The van der Waals surface area contributed by atoms with Crippen molar-refractivity contribution in [3.05, 3.63) is 15.8 Å². The summed E-state index contributed by atoms with van der Waals surface area (Å²) in [4.78, 5) is 0.727. The Morgan fingerprint density at radius 3 is 2.76 bits per heavy atom. The minimum atomic E-state index is -3.51. The molecule has 1 heterocycles. The molecular weight excluding hydrogens is 278 g/mol. The van der Waals surface area contributed by atoms with Gasteiger partial charge in [0.1, 0.15) is 4.90 Å². The number of sulfonamides is 1. The molecule has 2 N–H and O–H groups in total. The van der Waals surface area contributed by atoms with Gasteiger partial charge in [-0.2, -0.15) is 11.8 Å². The van der Waals surface area contributed by atoms with Gasteiger partial charge in [0.2, 0.25) is 10.0 Å². The van der Waals surface area contributed by atoms with Crippen LogP contribution in [0, 0.1) is 6.92 Å². The lowest BCUT2D eigenvalue weighted by molar-refractivity contribution is 0.282. The van der Waals surface area contributed by atoms with E-state index in [1.807, 2.05) is 13.2 Å². The summed E-state index contributed by atoms with van der Waals surface area (Å²) >= 11 is 2.87. The first-order valence-electron chi connectivity index (χ1n) is 5.12. The smallest absolute Gasteiger partial charge is 0.242 e. The summed E-state index contributed by atoms with van der Waals surface area (Å²) < 4.78 is 26.8. The summed E-state index contributed by atoms with van der Waals surface area (Å²) in [7, 11) is -3.51. The lowest BCUT2D eigenvalue weighted by atomic mass is 10.3. The van der Waals surface area contributed by atoms with Gasteiger partial charge in [-0.15, -0.1) is 11.3 Å². The molecule has 1 rings (SSSR count). The molecule has 0 aliphatic heterocycles. The summed E-state index contributed by atoms with van der Waals surface area (Å²) in [5.74, 6) is 0. The first-order valence-corrected chi connectivity index (χ1v) is 8.77. The summed E-state index contributed by atoms with van der Waals surface area (Å²) in [5, 5.41) is 11.1. The molecule has 0 saturated carbocycles. The number of hydrogen-bond acceptors (Lipinski definition) is 5. The van der Waals surface area contributed by atoms with E-state index in [0.29, 0.717) is 17.0 Å². The van der Waals surface area contributed by atoms with Crippen molar-refractivity contribution in [2.45, 2.75) is 30.6 Å². The van der Waals surface area contributed by atoms with Gasteiger partial charge < -0.3 is 5.11 Å². The maximum absolute atomic E-state index is 12.1. The number of thioether (sulfide) groups is 1. The highest BCUT2D eigenvalue weighted by atomic mass is 32.2. The predicted molar refractivity (Wildman–Crippen MR) is 73.1 cm³/mol. The number of aliphatic hydroxyl groups is 1. The molecule has 1 atom stereocenters. The second-order valence-corrected chi connectivity index (χ2v) is 7.67. The predicted octanol–water partition coefficient (Wildman–Crippen LogP) is 1.58. The summed E-state index contributed by atoms with van der Waals surface area (Å²) in [5.41, 5.74) is 0.684. The van der Waals surface area contributed by atoms with E-state index in [0.717, 1.165) is 0 Å². The van der Waals surface area contributed by atoms with Crippen LogP contribution >= 0.6 is 23.1 Å². The SMILES string of the molecule is CSC(C)CNS(=O)(=O)c1c(C)csc1CO. The van der Waals surface area contributed by atoms with Crippen molar-refractivity contribution in [2.24, 2.45) is 0 Å². The Morgan fingerprint density at radius 2 is 2.24 bits per heavy atom. The molecule has 0 radical (unpaired) electrons. The van der Waals surface area contributed by atoms with Gasteiger partial charge in [0.05, 0.1) is 11.5 Å². The second kappa shape index (κ2) is 6.19. The molecule has 0 saturated heterocycles. The third kappa shape index (κ3) is 3.69. The van der Waals surface area contributed by atoms with Gasteiger partial charge in [0, 0.05) is 11.8 Å². The van der Waals surface area contributed by atoms with Crippen LogP contribution in [-0.2, 0) is 16.6 Å². The third-order valence-corrected chi connectivity index (χ3v) is 6.21. The fraction of sp³-hybridized carbons (Fsp3) is 0.600. The van der Waals surface area contributed by atoms with Crippen molar-refractivity contribution >= 4 is 33.1 Å². The van der Waals surface area contributed by atoms with Crippen LogP contribution in [0.15, 0.2) is 10.3 Å². The topological polar surface area (TPSA) is 66.4 Å². The van der Waals surface area contributed by atoms with Crippen molar-refractivity contribution in [2.75, 3.05) is 12.8 Å². The Hall–Kier alpha value is -0.0800. The molecular formula is C10H17NO3S3. The van der Waals surface area contributed by atoms with E-state index in [9.17, 15) is 8.42 Å². The van der Waals surface area contributed by atoms with E-state index >= 15 is 0 Å². The van der Waals surface area contributed by atoms with Crippen LogP contribution < -0.4 is 4.72 Å². The monoisotopic (exact) mass is 295 g/mol. The number of aliphatic hydroxyl groups excluding tert-OH is 1. The maximum atomic E-state index is 12.1. The molecule has 1 aromatic heterocycles. The minimum Gasteiger partial charge on any atom is -0.391 e. The van der Waals surface area contributed by atoms with Gasteiger partial charge >= 0.3 is 0 Å². The van der Waals surface area contributed by atoms with Gasteiger partial charge in [-0.05, 0) is 24.1 Å². The summed E-state index contributed by atoms with van der Waals surface area (Å²) in [6, 6.07) is 0. The Morgan fingerprint density at radius 1 is 1.59 bits per heavy atom. The van der Waals surface area contributed by atoms with Crippen molar-refractivity contribution in [1.82, 2.24) is 4.72 Å². The quantitative estimate of drug-likeness (QED) is 0.836. The molecule has 17 heavy (non-hydrogen) atoms. The zero-order valence-corrected chi connectivity index (χ0v) is 12.5. The molecule has 1 unspecified atom stereocenters. The molecule has 1 aromatic rings. The largest absolute Gasteiger partial charge is 0.391 e. The van der Waals surface area contributed by atoms with Gasteiger partial charge in [0.15, 0.2) is 0 Å². The zero-order valence-electron chi connectivity index (χ0n) is 10.1. The lowest BCUT2D eigenvalue weighted by Crippen LogP contribution is -2.30. The molecule has 98 valence electrons. The average Bonchev–Trinajstić information content (AvgIpc) is 2.68. The molecule has 0 spiro atoms. The van der Waals surface area contributed by atoms with E-state index in [-0.39, 0.29) is 16.8 Å². The van der Waals surface area contributed by atoms with Crippen LogP contribution in [-0.4, -0.2) is 31.6 Å². The van der Waals surface area contributed by atoms with Crippen LogP contribution in [0.5, 0.6) is 0 Å². The van der Waals surface area contributed by atoms with Crippen molar-refractivity contribution < 1.29 is 13.5 Å². The summed E-state index contributed by atoms with van der Waals surface area (Å²) in [6.07, 6.45) is 1.94. The molecule has 0 fully saturated rings. The number of thiophene rings is 1. The van der Waals surface area contributed by atoms with Crippen LogP contribution in [0.4, 0.5) is 0 Å². The highest BCUT2D eigenvalue weighted by molar-refractivity contribution is 7.99. The normalized spacial score (nSPS) is 13.9. The van der Waals surface area contributed by atoms with E-state index < -0.39 is 10.0 Å². The van der Waals surface area contributed by atoms with Gasteiger partial charge in [0.25, 0.3) is 0 Å². The molecule has 0 aliphatic carbocycles. The van der Waals surface area contributed by atoms with Gasteiger partial charge in [-0.3, -0.25) is 0 Å². The van der Waals surface area contributed by atoms with E-state index in [1.54, 1.807) is 24.1 Å². The van der Waals surface area contributed by atoms with E-state index in [2.05, 4.69) is 4.72 Å². The molecule has 4 nitrogen and oxygen atoms in total. The maximum Gasteiger partial charge on any atom is 0.242 e. The second-order valence-electron chi connectivity index (χ2n) is 3.73. The standard InChI is InChI=1S/C10H17NO3S3/c1-7-6-16-9(5-12)10(7)17(13,14)11-4-8(2)15-3/h6,8,11-12H,4-5H2,1-3H3. The highest BCUT2D eigenvalue weighted by Gasteiger charge is 2.22. The first-order chi connectivity index (χ1) is 7.92. The Kier molecular flexibility index (Phi) is 5.46. The van der Waals surface area contributed by atoms with Crippen LogP contribution in [0.3, 0.4) is 0 Å². The number of aryl methyl sites for hydroxylation is 1. The van der Waals surface area contributed by atoms with Crippen LogP contribution in [0.2, 0.25) is 0 Å².